The zero-order valence-electron chi connectivity index (χ0n) is 14.2. The van der Waals surface area contributed by atoms with Crippen molar-refractivity contribution in [2.75, 3.05) is 10.2 Å². The summed E-state index contributed by atoms with van der Waals surface area (Å²) in [6.45, 7) is 0. The minimum Gasteiger partial charge on any atom is -0.361 e. The van der Waals surface area contributed by atoms with Gasteiger partial charge < -0.3 is 5.32 Å². The Bertz CT molecular complexity index is 1040. The van der Waals surface area contributed by atoms with Gasteiger partial charge in [0.1, 0.15) is 12.0 Å². The van der Waals surface area contributed by atoms with Gasteiger partial charge in [0.05, 0.1) is 10.6 Å². The predicted molar refractivity (Wildman–Crippen MR) is 100 cm³/mol. The normalized spacial score (nSPS) is 16.2. The topological polar surface area (TPSA) is 45.2 Å². The average Bonchev–Trinajstić information content (AvgIpc) is 2.94. The first kappa shape index (κ1) is 18.3. The van der Waals surface area contributed by atoms with Crippen LogP contribution < -0.4 is 10.2 Å². The second-order valence-corrected chi connectivity index (χ2v) is 6.66. The van der Waals surface area contributed by atoms with Gasteiger partial charge in [-0.1, -0.05) is 35.9 Å². The number of nitrogens with one attached hydrogen (secondary N) is 1. The van der Waals surface area contributed by atoms with Crippen LogP contribution in [0, 0.1) is 0 Å². The molecule has 142 valence electrons. The molecule has 4 rings (SSSR count). The van der Waals surface area contributed by atoms with E-state index >= 15 is 0 Å². The summed E-state index contributed by atoms with van der Waals surface area (Å²) in [7, 11) is 0. The molecule has 28 heavy (non-hydrogen) atoms. The number of nitrogens with zero attached hydrogens (tertiary/aromatic N) is 2. The SMILES string of the molecule is O=C1c2ccccc2[C@H](Nc2cccc(C(F)(F)F)c2)N1c1ccc(Cl)cn1. The number of carbonyl (C=O) groups excluding carboxylic acids is 1. The summed E-state index contributed by atoms with van der Waals surface area (Å²) in [6, 6.07) is 15.0. The maximum absolute atomic E-state index is 13.0. The Labute approximate surface area is 163 Å². The van der Waals surface area contributed by atoms with Gasteiger partial charge >= 0.3 is 6.18 Å². The number of benzene rings is 2. The second kappa shape index (κ2) is 6.83. The van der Waals surface area contributed by atoms with Crippen LogP contribution in [0.2, 0.25) is 5.02 Å². The molecule has 0 spiro atoms. The lowest BCUT2D eigenvalue weighted by atomic mass is 10.1. The number of alkyl halides is 3. The lowest BCUT2D eigenvalue weighted by molar-refractivity contribution is -0.137. The van der Waals surface area contributed by atoms with Crippen molar-refractivity contribution in [1.82, 2.24) is 4.98 Å². The Kier molecular flexibility index (Phi) is 4.47. The highest BCUT2D eigenvalue weighted by molar-refractivity contribution is 6.30. The minimum absolute atomic E-state index is 0.239. The Morgan fingerprint density at radius 1 is 1.04 bits per heavy atom. The van der Waals surface area contributed by atoms with Crippen LogP contribution in [-0.4, -0.2) is 10.9 Å². The highest BCUT2D eigenvalue weighted by Gasteiger charge is 2.38. The molecule has 0 radical (unpaired) electrons. The monoisotopic (exact) mass is 403 g/mol. The molecule has 8 heteroatoms. The number of hydrogen-bond acceptors (Lipinski definition) is 3. The number of hydrogen-bond donors (Lipinski definition) is 1. The number of pyridine rings is 1. The fraction of sp³-hybridized carbons (Fsp3) is 0.100. The van der Waals surface area contributed by atoms with Crippen molar-refractivity contribution in [3.8, 4) is 0 Å². The van der Waals surface area contributed by atoms with Crippen LogP contribution in [0.25, 0.3) is 0 Å². The van der Waals surface area contributed by atoms with E-state index in [-0.39, 0.29) is 11.6 Å². The molecule has 0 fully saturated rings. The third kappa shape index (κ3) is 3.29. The quantitative estimate of drug-likeness (QED) is 0.625. The molecule has 0 unspecified atom stereocenters. The lowest BCUT2D eigenvalue weighted by Gasteiger charge is -2.26. The molecule has 4 nitrogen and oxygen atoms in total. The van der Waals surface area contributed by atoms with Crippen LogP contribution in [0.3, 0.4) is 0 Å². The van der Waals surface area contributed by atoms with Gasteiger partial charge in [0.2, 0.25) is 0 Å². The van der Waals surface area contributed by atoms with E-state index in [1.54, 1.807) is 36.4 Å². The molecule has 1 aromatic heterocycles. The maximum atomic E-state index is 13.0. The van der Waals surface area contributed by atoms with Gasteiger partial charge in [0.25, 0.3) is 5.91 Å². The van der Waals surface area contributed by atoms with E-state index in [2.05, 4.69) is 10.3 Å². The first-order valence-electron chi connectivity index (χ1n) is 8.32. The van der Waals surface area contributed by atoms with Crippen LogP contribution >= 0.6 is 11.6 Å². The van der Waals surface area contributed by atoms with E-state index in [4.69, 9.17) is 11.6 Å². The van der Waals surface area contributed by atoms with Crippen molar-refractivity contribution in [3.63, 3.8) is 0 Å². The number of carbonyl (C=O) groups is 1. The van der Waals surface area contributed by atoms with Crippen LogP contribution in [0.1, 0.15) is 27.7 Å². The summed E-state index contributed by atoms with van der Waals surface area (Å²) in [4.78, 5) is 18.5. The van der Waals surface area contributed by atoms with Gasteiger partial charge in [-0.05, 0) is 36.4 Å². The number of anilines is 2. The average molecular weight is 404 g/mol. The maximum Gasteiger partial charge on any atom is 0.416 e. The molecule has 1 aliphatic rings. The van der Waals surface area contributed by atoms with Crippen LogP contribution in [0.15, 0.2) is 66.9 Å². The molecule has 1 amide bonds. The summed E-state index contributed by atoms with van der Waals surface area (Å²) in [5.74, 6) is 0.0463. The summed E-state index contributed by atoms with van der Waals surface area (Å²) in [5, 5.41) is 3.45. The lowest BCUT2D eigenvalue weighted by Crippen LogP contribution is -2.33. The summed E-state index contributed by atoms with van der Waals surface area (Å²) >= 11 is 5.88. The Morgan fingerprint density at radius 2 is 1.82 bits per heavy atom. The number of amides is 1. The molecule has 1 aliphatic heterocycles. The molecule has 1 atom stereocenters. The van der Waals surface area contributed by atoms with E-state index in [1.165, 1.54) is 23.2 Å². The number of halogens is 4. The number of aromatic nitrogens is 1. The highest BCUT2D eigenvalue weighted by Crippen LogP contribution is 2.38. The molecule has 1 N–H and O–H groups in total. The molecule has 0 aliphatic carbocycles. The Morgan fingerprint density at radius 3 is 2.54 bits per heavy atom. The van der Waals surface area contributed by atoms with Gasteiger partial charge in [-0.3, -0.25) is 9.69 Å². The molecule has 0 saturated heterocycles. The van der Waals surface area contributed by atoms with Gasteiger partial charge in [-0.2, -0.15) is 13.2 Å². The third-order valence-corrected chi connectivity index (χ3v) is 4.64. The second-order valence-electron chi connectivity index (χ2n) is 6.22. The first-order valence-corrected chi connectivity index (χ1v) is 8.70. The molecule has 0 saturated carbocycles. The van der Waals surface area contributed by atoms with Gasteiger partial charge in [0, 0.05) is 23.0 Å². The van der Waals surface area contributed by atoms with Crippen molar-refractivity contribution in [2.24, 2.45) is 0 Å². The van der Waals surface area contributed by atoms with E-state index in [0.717, 1.165) is 12.1 Å². The molecular weight excluding hydrogens is 391 g/mol. The molecular formula is C20H13ClF3N3O. The standard InChI is InChI=1S/C20H13ClF3N3O/c21-13-8-9-17(25-11-13)27-18(15-6-1-2-7-16(15)19(27)28)26-14-5-3-4-12(10-14)20(22,23)24/h1-11,18,26H/t18-/m1/s1. The molecule has 2 heterocycles. The zero-order valence-corrected chi connectivity index (χ0v) is 15.0. The van der Waals surface area contributed by atoms with Crippen molar-refractivity contribution >= 4 is 29.0 Å². The number of fused-ring (bicyclic) bond motifs is 1. The summed E-state index contributed by atoms with van der Waals surface area (Å²) in [5.41, 5.74) is 0.583. The number of rotatable bonds is 3. The Hall–Kier alpha value is -3.06. The Balaban J connectivity index is 1.76. The van der Waals surface area contributed by atoms with E-state index < -0.39 is 17.9 Å². The van der Waals surface area contributed by atoms with E-state index in [0.29, 0.717) is 22.0 Å². The largest absolute Gasteiger partial charge is 0.416 e. The van der Waals surface area contributed by atoms with Crippen LogP contribution in [-0.2, 0) is 6.18 Å². The first-order chi connectivity index (χ1) is 13.3. The minimum atomic E-state index is -4.46. The van der Waals surface area contributed by atoms with Crippen molar-refractivity contribution in [2.45, 2.75) is 12.3 Å². The smallest absolute Gasteiger partial charge is 0.361 e. The van der Waals surface area contributed by atoms with Gasteiger partial charge in [0.15, 0.2) is 0 Å². The van der Waals surface area contributed by atoms with Crippen molar-refractivity contribution in [1.29, 1.82) is 0 Å². The molecule has 0 bridgehead atoms. The van der Waals surface area contributed by atoms with Crippen LogP contribution in [0.5, 0.6) is 0 Å². The zero-order chi connectivity index (χ0) is 19.9. The van der Waals surface area contributed by atoms with Gasteiger partial charge in [-0.15, -0.1) is 0 Å². The fourth-order valence-electron chi connectivity index (χ4n) is 3.15. The van der Waals surface area contributed by atoms with Gasteiger partial charge in [-0.25, -0.2) is 4.98 Å². The summed E-state index contributed by atoms with van der Waals surface area (Å²) in [6.07, 6.45) is -3.76. The fourth-order valence-corrected chi connectivity index (χ4v) is 3.26. The molecule has 3 aromatic rings. The van der Waals surface area contributed by atoms with Crippen LogP contribution in [0.4, 0.5) is 24.7 Å². The highest BCUT2D eigenvalue weighted by atomic mass is 35.5. The molecule has 2 aromatic carbocycles. The van der Waals surface area contributed by atoms with Crippen molar-refractivity contribution < 1.29 is 18.0 Å². The predicted octanol–water partition coefficient (Wildman–Crippen LogP) is 5.52. The van der Waals surface area contributed by atoms with E-state index in [1.807, 2.05) is 0 Å². The van der Waals surface area contributed by atoms with E-state index in [9.17, 15) is 18.0 Å². The van der Waals surface area contributed by atoms with Crippen molar-refractivity contribution in [3.05, 3.63) is 88.6 Å². The summed E-state index contributed by atoms with van der Waals surface area (Å²) < 4.78 is 39.1. The third-order valence-electron chi connectivity index (χ3n) is 4.41.